The number of thiazole rings is 1. The Kier molecular flexibility index (Phi) is 6.81. The van der Waals surface area contributed by atoms with Crippen LogP contribution in [0.4, 0.5) is 5.13 Å². The molecule has 9 nitrogen and oxygen atoms in total. The standard InChI is InChI=1S/C32H30N2O7S/c1-15-9-16(2)26-24(10-15)42-32(33-26)34-27(20-13-22(38-4)30(40-6)23(14-20)39-5)25(29(36)31(34)37)28(35)18-7-8-21-19(12-18)11-17(3)41-21/h7-10,12-14,17,27,35H,11H2,1-6H3/t17-,27-/m1/s1. The van der Waals surface area contributed by atoms with Crippen molar-refractivity contribution < 1.29 is 33.6 Å². The van der Waals surface area contributed by atoms with E-state index < -0.39 is 17.7 Å². The Morgan fingerprint density at radius 1 is 1.02 bits per heavy atom. The van der Waals surface area contributed by atoms with Crippen LogP contribution in [0.25, 0.3) is 16.0 Å². The number of amides is 1. The van der Waals surface area contributed by atoms with E-state index in [4.69, 9.17) is 23.9 Å². The van der Waals surface area contributed by atoms with Crippen molar-refractivity contribution >= 4 is 44.1 Å². The fourth-order valence-corrected chi connectivity index (χ4v) is 6.96. The number of anilines is 1. The normalized spacial score (nSPS) is 19.2. The van der Waals surface area contributed by atoms with E-state index >= 15 is 0 Å². The Balaban J connectivity index is 1.60. The van der Waals surface area contributed by atoms with Gasteiger partial charge in [-0.3, -0.25) is 14.5 Å². The number of carbonyl (C=O) groups is 2. The van der Waals surface area contributed by atoms with Crippen LogP contribution >= 0.6 is 11.3 Å². The zero-order chi connectivity index (χ0) is 29.9. The molecule has 2 atom stereocenters. The second kappa shape index (κ2) is 10.4. The van der Waals surface area contributed by atoms with Crippen molar-refractivity contribution in [3.8, 4) is 23.0 Å². The molecule has 0 spiro atoms. The lowest BCUT2D eigenvalue weighted by molar-refractivity contribution is -0.132. The molecule has 0 bridgehead atoms. The van der Waals surface area contributed by atoms with Crippen LogP contribution in [0.3, 0.4) is 0 Å². The molecule has 1 amide bonds. The average Bonchev–Trinajstić information content (AvgIpc) is 3.64. The summed E-state index contributed by atoms with van der Waals surface area (Å²) in [6.07, 6.45) is 0.680. The average molecular weight is 587 g/mol. The van der Waals surface area contributed by atoms with Crippen molar-refractivity contribution in [1.29, 1.82) is 0 Å². The largest absolute Gasteiger partial charge is 0.507 e. The van der Waals surface area contributed by atoms with Crippen LogP contribution in [0, 0.1) is 13.8 Å². The van der Waals surface area contributed by atoms with Gasteiger partial charge in [0.1, 0.15) is 17.6 Å². The molecule has 2 aliphatic heterocycles. The van der Waals surface area contributed by atoms with E-state index in [1.165, 1.54) is 37.6 Å². The van der Waals surface area contributed by atoms with Gasteiger partial charge in [-0.25, -0.2) is 4.98 Å². The van der Waals surface area contributed by atoms with Crippen LogP contribution in [-0.4, -0.2) is 49.2 Å². The minimum absolute atomic E-state index is 0.00772. The highest BCUT2D eigenvalue weighted by Crippen LogP contribution is 2.48. The smallest absolute Gasteiger partial charge is 0.301 e. The number of aliphatic hydroxyl groups is 1. The number of benzene rings is 3. The summed E-state index contributed by atoms with van der Waals surface area (Å²) in [5.74, 6) is -0.107. The number of fused-ring (bicyclic) bond motifs is 2. The van der Waals surface area contributed by atoms with Crippen molar-refractivity contribution in [2.24, 2.45) is 0 Å². The van der Waals surface area contributed by atoms with Crippen LogP contribution in [0.15, 0.2) is 48.0 Å². The topological polar surface area (TPSA) is 107 Å². The molecule has 1 saturated heterocycles. The van der Waals surface area contributed by atoms with E-state index in [1.807, 2.05) is 32.9 Å². The molecule has 1 aromatic heterocycles. The molecule has 6 rings (SSSR count). The van der Waals surface area contributed by atoms with Crippen molar-refractivity contribution in [3.05, 3.63) is 75.9 Å². The molecule has 1 fully saturated rings. The van der Waals surface area contributed by atoms with Crippen molar-refractivity contribution in [3.63, 3.8) is 0 Å². The third kappa shape index (κ3) is 4.34. The summed E-state index contributed by atoms with van der Waals surface area (Å²) in [5, 5.41) is 12.1. The number of ether oxygens (including phenoxy) is 4. The number of nitrogens with zero attached hydrogens (tertiary/aromatic N) is 2. The second-order valence-electron chi connectivity index (χ2n) is 10.5. The highest BCUT2D eigenvalue weighted by Gasteiger charge is 2.49. The molecule has 42 heavy (non-hydrogen) atoms. The Bertz CT molecular complexity index is 1780. The first-order valence-electron chi connectivity index (χ1n) is 13.4. The molecule has 216 valence electrons. The van der Waals surface area contributed by atoms with E-state index in [9.17, 15) is 14.7 Å². The Morgan fingerprint density at radius 3 is 2.40 bits per heavy atom. The van der Waals surface area contributed by atoms with E-state index in [2.05, 4.69) is 0 Å². The van der Waals surface area contributed by atoms with Gasteiger partial charge < -0.3 is 24.1 Å². The van der Waals surface area contributed by atoms with Crippen molar-refractivity contribution in [1.82, 2.24) is 4.98 Å². The van der Waals surface area contributed by atoms with Crippen molar-refractivity contribution in [2.75, 3.05) is 26.2 Å². The second-order valence-corrected chi connectivity index (χ2v) is 11.5. The van der Waals surface area contributed by atoms with Crippen LogP contribution in [0.1, 0.15) is 40.8 Å². The van der Waals surface area contributed by atoms with Gasteiger partial charge in [-0.05, 0) is 79.4 Å². The van der Waals surface area contributed by atoms with Gasteiger partial charge in [0.15, 0.2) is 16.6 Å². The van der Waals surface area contributed by atoms with E-state index in [-0.39, 0.29) is 17.4 Å². The molecule has 0 radical (unpaired) electrons. The summed E-state index contributed by atoms with van der Waals surface area (Å²) in [5.41, 5.74) is 4.53. The Hall–Kier alpha value is -4.57. The lowest BCUT2D eigenvalue weighted by Gasteiger charge is -2.24. The molecule has 3 heterocycles. The van der Waals surface area contributed by atoms with Crippen LogP contribution in [0.5, 0.6) is 23.0 Å². The fraction of sp³-hybridized carbons (Fsp3) is 0.281. The third-order valence-corrected chi connectivity index (χ3v) is 8.64. The number of carbonyl (C=O) groups excluding carboxylic acids is 2. The zero-order valence-electron chi connectivity index (χ0n) is 24.1. The zero-order valence-corrected chi connectivity index (χ0v) is 24.9. The molecule has 0 aliphatic carbocycles. The number of aromatic nitrogens is 1. The number of aliphatic hydroxyl groups excluding tert-OH is 1. The van der Waals surface area contributed by atoms with Crippen molar-refractivity contribution in [2.45, 2.75) is 39.3 Å². The number of aryl methyl sites for hydroxylation is 2. The molecule has 1 N–H and O–H groups in total. The van der Waals surface area contributed by atoms with Gasteiger partial charge >= 0.3 is 5.91 Å². The fourth-order valence-electron chi connectivity index (χ4n) is 5.79. The van der Waals surface area contributed by atoms with Crippen LogP contribution < -0.4 is 23.8 Å². The predicted molar refractivity (Wildman–Crippen MR) is 160 cm³/mol. The summed E-state index contributed by atoms with van der Waals surface area (Å²) >= 11 is 1.31. The maximum absolute atomic E-state index is 13.8. The minimum atomic E-state index is -1.02. The van der Waals surface area contributed by atoms with Gasteiger partial charge in [-0.2, -0.15) is 0 Å². The molecule has 3 aromatic carbocycles. The maximum Gasteiger partial charge on any atom is 0.301 e. The third-order valence-electron chi connectivity index (χ3n) is 7.64. The number of Topliss-reactive ketones (excluding diaryl/α,β-unsaturated/α-hetero) is 1. The maximum atomic E-state index is 13.8. The molecule has 0 saturated carbocycles. The summed E-state index contributed by atoms with van der Waals surface area (Å²) in [6, 6.07) is 11.6. The van der Waals surface area contributed by atoms with Crippen LogP contribution in [-0.2, 0) is 16.0 Å². The van der Waals surface area contributed by atoms with Gasteiger partial charge in [-0.15, -0.1) is 0 Å². The van der Waals surface area contributed by atoms with Gasteiger partial charge in [0.25, 0.3) is 5.78 Å². The molecule has 4 aromatic rings. The number of ketones is 1. The summed E-state index contributed by atoms with van der Waals surface area (Å²) < 4.78 is 23.4. The Labute approximate surface area is 246 Å². The minimum Gasteiger partial charge on any atom is -0.507 e. The first kappa shape index (κ1) is 27.6. The molecule has 2 aliphatic rings. The van der Waals surface area contributed by atoms with E-state index in [1.54, 1.807) is 30.3 Å². The quantitative estimate of drug-likeness (QED) is 0.169. The summed E-state index contributed by atoms with van der Waals surface area (Å²) in [6.45, 7) is 5.93. The molecular weight excluding hydrogens is 556 g/mol. The van der Waals surface area contributed by atoms with Gasteiger partial charge in [-0.1, -0.05) is 17.4 Å². The summed E-state index contributed by atoms with van der Waals surface area (Å²) in [7, 11) is 4.48. The highest BCUT2D eigenvalue weighted by molar-refractivity contribution is 7.22. The molecule has 10 heteroatoms. The molecular formula is C32H30N2O7S. The lowest BCUT2D eigenvalue weighted by atomic mass is 9.94. The van der Waals surface area contributed by atoms with Gasteiger partial charge in [0, 0.05) is 12.0 Å². The number of rotatable bonds is 6. The van der Waals surface area contributed by atoms with Gasteiger partial charge in [0.05, 0.1) is 43.2 Å². The number of hydrogen-bond donors (Lipinski definition) is 1. The first-order chi connectivity index (χ1) is 20.1. The van der Waals surface area contributed by atoms with E-state index in [0.717, 1.165) is 32.7 Å². The lowest BCUT2D eigenvalue weighted by Crippen LogP contribution is -2.29. The summed E-state index contributed by atoms with van der Waals surface area (Å²) in [4.78, 5) is 33.8. The highest BCUT2D eigenvalue weighted by atomic mass is 32.1. The SMILES string of the molecule is COc1cc([C@@H]2C(=C(O)c3ccc4c(c3)C[C@@H](C)O4)C(=O)C(=O)N2c2nc3c(C)cc(C)cc3s2)cc(OC)c1OC. The first-order valence-corrected chi connectivity index (χ1v) is 14.3. The number of methoxy groups -OCH3 is 3. The van der Waals surface area contributed by atoms with Crippen LogP contribution in [0.2, 0.25) is 0 Å². The predicted octanol–water partition coefficient (Wildman–Crippen LogP) is 5.89. The Morgan fingerprint density at radius 2 is 1.74 bits per heavy atom. The monoisotopic (exact) mass is 586 g/mol. The number of hydrogen-bond acceptors (Lipinski definition) is 9. The van der Waals surface area contributed by atoms with Gasteiger partial charge in [0.2, 0.25) is 5.75 Å². The molecule has 0 unspecified atom stereocenters. The van der Waals surface area contributed by atoms with E-state index in [0.29, 0.717) is 39.9 Å².